The summed E-state index contributed by atoms with van der Waals surface area (Å²) in [4.78, 5) is 12.2. The summed E-state index contributed by atoms with van der Waals surface area (Å²) in [5.74, 6) is 0.287. The van der Waals surface area contributed by atoms with Crippen LogP contribution in [0.2, 0.25) is 0 Å². The Kier molecular flexibility index (Phi) is 4.93. The normalized spacial score (nSPS) is 14.9. The maximum Gasteiger partial charge on any atom is 0.221 e. The lowest BCUT2D eigenvalue weighted by Gasteiger charge is -2.23. The number of anilines is 1. The summed E-state index contributed by atoms with van der Waals surface area (Å²) in [5, 5.41) is 0. The van der Waals surface area contributed by atoms with E-state index in [0.29, 0.717) is 35.8 Å². The molecule has 0 saturated carbocycles. The van der Waals surface area contributed by atoms with Gasteiger partial charge in [0.2, 0.25) is 11.8 Å². The number of hydrogen-bond donors (Lipinski definition) is 1. The molecule has 0 spiro atoms. The highest BCUT2D eigenvalue weighted by Gasteiger charge is 2.19. The lowest BCUT2D eigenvalue weighted by Crippen LogP contribution is -2.26. The van der Waals surface area contributed by atoms with Crippen LogP contribution >= 0.6 is 0 Å². The first-order valence-corrected chi connectivity index (χ1v) is 8.78. The van der Waals surface area contributed by atoms with Crippen LogP contribution in [0.4, 0.5) is 10.3 Å². The van der Waals surface area contributed by atoms with Crippen molar-refractivity contribution in [2.24, 2.45) is 0 Å². The number of ether oxygens (including phenoxy) is 2. The van der Waals surface area contributed by atoms with Crippen LogP contribution in [-0.2, 0) is 4.74 Å². The van der Waals surface area contributed by atoms with E-state index in [4.69, 9.17) is 15.2 Å². The Bertz CT molecular complexity index is 928. The van der Waals surface area contributed by atoms with E-state index < -0.39 is 0 Å². The second-order valence-corrected chi connectivity index (χ2v) is 6.31. The van der Waals surface area contributed by atoms with Crippen LogP contribution in [0.25, 0.3) is 22.3 Å². The van der Waals surface area contributed by atoms with Crippen LogP contribution < -0.4 is 10.5 Å². The van der Waals surface area contributed by atoms with Crippen LogP contribution in [0.3, 0.4) is 0 Å². The fourth-order valence-electron chi connectivity index (χ4n) is 3.05. The smallest absolute Gasteiger partial charge is 0.221 e. The quantitative estimate of drug-likeness (QED) is 0.761. The molecule has 0 amide bonds. The maximum absolute atomic E-state index is 14.7. The molecule has 0 unspecified atom stereocenters. The Morgan fingerprint density at radius 3 is 2.52 bits per heavy atom. The number of nitrogen functional groups attached to an aromatic ring is 1. The van der Waals surface area contributed by atoms with Gasteiger partial charge in [-0.1, -0.05) is 12.1 Å². The molecule has 0 bridgehead atoms. The maximum atomic E-state index is 14.7. The molecule has 2 N–H and O–H groups in total. The first-order valence-electron chi connectivity index (χ1n) is 8.78. The van der Waals surface area contributed by atoms with Gasteiger partial charge in [-0.2, -0.15) is 0 Å². The number of pyridine rings is 1. The molecule has 138 valence electrons. The summed E-state index contributed by atoms with van der Waals surface area (Å²) in [6, 6.07) is 8.70. The van der Waals surface area contributed by atoms with E-state index in [1.807, 2.05) is 18.2 Å². The minimum Gasteiger partial charge on any atom is -0.474 e. The summed E-state index contributed by atoms with van der Waals surface area (Å²) >= 11 is 0. The van der Waals surface area contributed by atoms with Crippen molar-refractivity contribution in [3.8, 4) is 28.1 Å². The first-order chi connectivity index (χ1) is 13.2. The van der Waals surface area contributed by atoms with E-state index in [2.05, 4.69) is 15.0 Å². The van der Waals surface area contributed by atoms with Crippen molar-refractivity contribution in [1.29, 1.82) is 0 Å². The first kappa shape index (κ1) is 17.4. The number of nitrogens with two attached hydrogens (primary N) is 1. The SMILES string of the molecule is Nc1ncc(-c2ccc(-c3cccnc3OC3CCOCC3)cc2F)cn1. The van der Waals surface area contributed by atoms with E-state index in [9.17, 15) is 4.39 Å². The van der Waals surface area contributed by atoms with Crippen molar-refractivity contribution < 1.29 is 13.9 Å². The zero-order valence-electron chi connectivity index (χ0n) is 14.6. The lowest BCUT2D eigenvalue weighted by molar-refractivity contribution is 0.0240. The Labute approximate surface area is 156 Å². The summed E-state index contributed by atoms with van der Waals surface area (Å²) in [7, 11) is 0. The van der Waals surface area contributed by atoms with Crippen LogP contribution in [0.5, 0.6) is 5.88 Å². The minimum absolute atomic E-state index is 0.0587. The Morgan fingerprint density at radius 1 is 1.00 bits per heavy atom. The van der Waals surface area contributed by atoms with Gasteiger partial charge in [-0.3, -0.25) is 0 Å². The van der Waals surface area contributed by atoms with Crippen molar-refractivity contribution in [3.63, 3.8) is 0 Å². The van der Waals surface area contributed by atoms with Crippen molar-refractivity contribution in [1.82, 2.24) is 15.0 Å². The van der Waals surface area contributed by atoms with Crippen molar-refractivity contribution in [2.45, 2.75) is 18.9 Å². The minimum atomic E-state index is -0.373. The predicted octanol–water partition coefficient (Wildman–Crippen LogP) is 3.48. The van der Waals surface area contributed by atoms with Crippen LogP contribution in [0.1, 0.15) is 12.8 Å². The Hall–Kier alpha value is -3.06. The third-order valence-corrected chi connectivity index (χ3v) is 4.48. The van der Waals surface area contributed by atoms with Gasteiger partial charge in [0.15, 0.2) is 0 Å². The fourth-order valence-corrected chi connectivity index (χ4v) is 3.05. The van der Waals surface area contributed by atoms with Gasteiger partial charge in [0, 0.05) is 48.1 Å². The number of nitrogens with zero attached hydrogens (tertiary/aromatic N) is 3. The predicted molar refractivity (Wildman–Crippen MR) is 99.5 cm³/mol. The van der Waals surface area contributed by atoms with Gasteiger partial charge in [-0.15, -0.1) is 0 Å². The highest BCUT2D eigenvalue weighted by molar-refractivity contribution is 5.73. The molecule has 4 rings (SSSR count). The van der Waals surface area contributed by atoms with E-state index in [-0.39, 0.29) is 17.9 Å². The highest BCUT2D eigenvalue weighted by atomic mass is 19.1. The molecule has 2 aromatic heterocycles. The summed E-state index contributed by atoms with van der Waals surface area (Å²) in [5.41, 5.74) is 7.92. The summed E-state index contributed by atoms with van der Waals surface area (Å²) in [6.07, 6.45) is 6.38. The second kappa shape index (κ2) is 7.67. The van der Waals surface area contributed by atoms with E-state index in [1.54, 1.807) is 12.3 Å². The molecule has 6 nitrogen and oxygen atoms in total. The molecule has 1 aliphatic heterocycles. The largest absolute Gasteiger partial charge is 0.474 e. The van der Waals surface area contributed by atoms with Gasteiger partial charge in [0.25, 0.3) is 0 Å². The molecular formula is C20H19FN4O2. The van der Waals surface area contributed by atoms with E-state index in [1.165, 1.54) is 18.5 Å². The third-order valence-electron chi connectivity index (χ3n) is 4.48. The number of hydrogen-bond acceptors (Lipinski definition) is 6. The average molecular weight is 366 g/mol. The van der Waals surface area contributed by atoms with Gasteiger partial charge in [-0.25, -0.2) is 19.3 Å². The number of halogens is 1. The van der Waals surface area contributed by atoms with E-state index in [0.717, 1.165) is 18.4 Å². The van der Waals surface area contributed by atoms with Crippen molar-refractivity contribution in [3.05, 3.63) is 54.7 Å². The molecular weight excluding hydrogens is 347 g/mol. The number of rotatable bonds is 4. The van der Waals surface area contributed by atoms with Gasteiger partial charge in [0.1, 0.15) is 11.9 Å². The third kappa shape index (κ3) is 3.88. The molecule has 7 heteroatoms. The topological polar surface area (TPSA) is 83.2 Å². The van der Waals surface area contributed by atoms with Crippen molar-refractivity contribution >= 4 is 5.95 Å². The van der Waals surface area contributed by atoms with Crippen LogP contribution in [0, 0.1) is 5.82 Å². The van der Waals surface area contributed by atoms with Gasteiger partial charge in [0.05, 0.1) is 13.2 Å². The summed E-state index contributed by atoms with van der Waals surface area (Å²) in [6.45, 7) is 1.36. The highest BCUT2D eigenvalue weighted by Crippen LogP contribution is 2.32. The number of benzene rings is 1. The molecule has 27 heavy (non-hydrogen) atoms. The fraction of sp³-hybridized carbons (Fsp3) is 0.250. The molecule has 3 heterocycles. The number of aromatic nitrogens is 3. The van der Waals surface area contributed by atoms with Crippen molar-refractivity contribution in [2.75, 3.05) is 18.9 Å². The summed E-state index contributed by atoms with van der Waals surface area (Å²) < 4.78 is 26.2. The van der Waals surface area contributed by atoms with Gasteiger partial charge >= 0.3 is 0 Å². The molecule has 0 aliphatic carbocycles. The molecule has 1 aromatic carbocycles. The van der Waals surface area contributed by atoms with Crippen LogP contribution in [0.15, 0.2) is 48.9 Å². The van der Waals surface area contributed by atoms with E-state index >= 15 is 0 Å². The molecule has 1 aliphatic rings. The lowest BCUT2D eigenvalue weighted by atomic mass is 10.0. The standard InChI is InChI=1S/C20H19FN4O2/c21-18-10-13(3-4-16(18)14-11-24-20(22)25-12-14)17-2-1-7-23-19(17)27-15-5-8-26-9-6-15/h1-4,7,10-12,15H,5-6,8-9H2,(H2,22,24,25). The Morgan fingerprint density at radius 2 is 1.78 bits per heavy atom. The average Bonchev–Trinajstić information content (AvgIpc) is 2.70. The molecule has 1 fully saturated rings. The van der Waals surface area contributed by atoms with Crippen LogP contribution in [-0.4, -0.2) is 34.3 Å². The zero-order valence-corrected chi connectivity index (χ0v) is 14.6. The van der Waals surface area contributed by atoms with Gasteiger partial charge < -0.3 is 15.2 Å². The molecule has 1 saturated heterocycles. The second-order valence-electron chi connectivity index (χ2n) is 6.31. The molecule has 0 atom stereocenters. The zero-order chi connectivity index (χ0) is 18.6. The molecule has 0 radical (unpaired) electrons. The molecule has 3 aromatic rings. The monoisotopic (exact) mass is 366 g/mol. The Balaban J connectivity index is 1.64. The van der Waals surface area contributed by atoms with Gasteiger partial charge in [-0.05, 0) is 23.8 Å².